The first-order valence-electron chi connectivity index (χ1n) is 10.2. The van der Waals surface area contributed by atoms with Crippen LogP contribution in [0.3, 0.4) is 0 Å². The van der Waals surface area contributed by atoms with Gasteiger partial charge in [0.2, 0.25) is 0 Å². The minimum Gasteiger partial charge on any atom is -0.508 e. The molecule has 152 valence electrons. The number of hydrogen-bond acceptors (Lipinski definition) is 5. The van der Waals surface area contributed by atoms with E-state index in [1.165, 1.54) is 0 Å². The zero-order valence-corrected chi connectivity index (χ0v) is 16.5. The van der Waals surface area contributed by atoms with E-state index < -0.39 is 0 Å². The summed E-state index contributed by atoms with van der Waals surface area (Å²) < 4.78 is 6.37. The zero-order valence-electron chi connectivity index (χ0n) is 16.5. The van der Waals surface area contributed by atoms with E-state index in [4.69, 9.17) is 4.74 Å². The van der Waals surface area contributed by atoms with Gasteiger partial charge in [-0.3, -0.25) is 4.79 Å². The highest BCUT2D eigenvalue weighted by Gasteiger charge is 2.31. The summed E-state index contributed by atoms with van der Waals surface area (Å²) in [7, 11) is 0. The molecule has 30 heavy (non-hydrogen) atoms. The van der Waals surface area contributed by atoms with E-state index in [9.17, 15) is 9.90 Å². The third-order valence-electron chi connectivity index (χ3n) is 5.55. The van der Waals surface area contributed by atoms with Crippen molar-refractivity contribution in [3.8, 4) is 17.2 Å². The number of anilines is 2. The Labute approximate surface area is 175 Å². The van der Waals surface area contributed by atoms with Crippen molar-refractivity contribution in [2.45, 2.75) is 6.54 Å². The second-order valence-electron chi connectivity index (χ2n) is 7.52. The van der Waals surface area contributed by atoms with Crippen molar-refractivity contribution in [2.75, 3.05) is 36.0 Å². The van der Waals surface area contributed by atoms with Gasteiger partial charge in [-0.15, -0.1) is 0 Å². The SMILES string of the molecule is O=C1c2cccc(N3CCNCC3)c2Oc2ccccc2N1Cc1cccc(O)c1. The van der Waals surface area contributed by atoms with Crippen molar-refractivity contribution < 1.29 is 14.6 Å². The average molecular weight is 401 g/mol. The number of para-hydroxylation sites is 3. The number of amides is 1. The molecule has 1 fully saturated rings. The molecule has 0 aromatic heterocycles. The van der Waals surface area contributed by atoms with Gasteiger partial charge in [-0.2, -0.15) is 0 Å². The molecule has 0 saturated carbocycles. The molecule has 1 saturated heterocycles. The molecule has 2 heterocycles. The number of aromatic hydroxyl groups is 1. The van der Waals surface area contributed by atoms with E-state index >= 15 is 0 Å². The molecule has 0 radical (unpaired) electrons. The van der Waals surface area contributed by atoms with Crippen molar-refractivity contribution in [3.05, 3.63) is 77.9 Å². The van der Waals surface area contributed by atoms with E-state index in [1.54, 1.807) is 23.1 Å². The highest BCUT2D eigenvalue weighted by atomic mass is 16.5. The number of hydrogen-bond donors (Lipinski definition) is 2. The van der Waals surface area contributed by atoms with Crippen LogP contribution in [0.15, 0.2) is 66.7 Å². The van der Waals surface area contributed by atoms with Gasteiger partial charge in [0, 0.05) is 26.2 Å². The molecule has 0 aliphatic carbocycles. The maximum absolute atomic E-state index is 13.7. The first-order valence-corrected chi connectivity index (χ1v) is 10.2. The Morgan fingerprint density at radius 2 is 1.70 bits per heavy atom. The first-order chi connectivity index (χ1) is 14.7. The molecule has 0 unspecified atom stereocenters. The quantitative estimate of drug-likeness (QED) is 0.700. The normalized spacial score (nSPS) is 15.8. The standard InChI is InChI=1S/C24H23N3O3/c28-18-6-3-5-17(15-18)16-27-20-8-1-2-10-22(20)30-23-19(24(27)29)7-4-9-21(23)26-13-11-25-12-14-26/h1-10,15,25,28H,11-14,16H2. The van der Waals surface area contributed by atoms with Crippen LogP contribution >= 0.6 is 0 Å². The third-order valence-corrected chi connectivity index (χ3v) is 5.55. The number of phenols is 1. The molecule has 3 aromatic carbocycles. The summed E-state index contributed by atoms with van der Waals surface area (Å²) in [5.74, 6) is 1.32. The number of phenolic OH excluding ortho intramolecular Hbond substituents is 1. The van der Waals surface area contributed by atoms with Crippen molar-refractivity contribution in [2.24, 2.45) is 0 Å². The first kappa shape index (κ1) is 18.5. The highest BCUT2D eigenvalue weighted by molar-refractivity contribution is 6.10. The van der Waals surface area contributed by atoms with E-state index in [2.05, 4.69) is 10.2 Å². The molecule has 2 N–H and O–H groups in total. The topological polar surface area (TPSA) is 65.0 Å². The van der Waals surface area contributed by atoms with Gasteiger partial charge in [-0.25, -0.2) is 0 Å². The van der Waals surface area contributed by atoms with Gasteiger partial charge in [0.05, 0.1) is 23.5 Å². The van der Waals surface area contributed by atoms with Crippen LogP contribution in [0.5, 0.6) is 17.2 Å². The van der Waals surface area contributed by atoms with Crippen LogP contribution in [0.1, 0.15) is 15.9 Å². The lowest BCUT2D eigenvalue weighted by molar-refractivity contribution is 0.0985. The predicted molar refractivity (Wildman–Crippen MR) is 117 cm³/mol. The van der Waals surface area contributed by atoms with Gasteiger partial charge >= 0.3 is 0 Å². The number of fused-ring (bicyclic) bond motifs is 2. The molecule has 6 nitrogen and oxygen atoms in total. The fraction of sp³-hybridized carbons (Fsp3) is 0.208. The van der Waals surface area contributed by atoms with Crippen LogP contribution in [0, 0.1) is 0 Å². The summed E-state index contributed by atoms with van der Waals surface area (Å²) in [4.78, 5) is 17.7. The van der Waals surface area contributed by atoms with Gasteiger partial charge < -0.3 is 25.0 Å². The molecule has 0 bridgehead atoms. The number of carbonyl (C=O) groups excluding carboxylic acids is 1. The number of carbonyl (C=O) groups is 1. The van der Waals surface area contributed by atoms with Crippen LogP contribution in [0.25, 0.3) is 0 Å². The second-order valence-corrected chi connectivity index (χ2v) is 7.52. The van der Waals surface area contributed by atoms with Crippen LogP contribution in [-0.2, 0) is 6.54 Å². The lowest BCUT2D eigenvalue weighted by Gasteiger charge is -2.31. The Morgan fingerprint density at radius 1 is 0.933 bits per heavy atom. The predicted octanol–water partition coefficient (Wildman–Crippen LogP) is 3.75. The third kappa shape index (κ3) is 3.35. The molecular weight excluding hydrogens is 378 g/mol. The van der Waals surface area contributed by atoms with Gasteiger partial charge in [0.1, 0.15) is 5.75 Å². The Kier molecular flexibility index (Phi) is 4.77. The fourth-order valence-corrected chi connectivity index (χ4v) is 4.08. The molecule has 6 heteroatoms. The second kappa shape index (κ2) is 7.72. The summed E-state index contributed by atoms with van der Waals surface area (Å²) in [5, 5.41) is 13.2. The lowest BCUT2D eigenvalue weighted by atomic mass is 10.1. The van der Waals surface area contributed by atoms with Crippen LogP contribution in [-0.4, -0.2) is 37.2 Å². The number of nitrogens with one attached hydrogen (secondary N) is 1. The van der Waals surface area contributed by atoms with E-state index in [1.807, 2.05) is 48.5 Å². The van der Waals surface area contributed by atoms with Gasteiger partial charge in [-0.1, -0.05) is 30.3 Å². The van der Waals surface area contributed by atoms with Gasteiger partial charge in [0.25, 0.3) is 5.91 Å². The summed E-state index contributed by atoms with van der Waals surface area (Å²) in [5.41, 5.74) is 3.05. The van der Waals surface area contributed by atoms with E-state index in [0.29, 0.717) is 29.3 Å². The largest absolute Gasteiger partial charge is 0.508 e. The molecule has 3 aromatic rings. The van der Waals surface area contributed by atoms with Crippen molar-refractivity contribution >= 4 is 17.3 Å². The minimum atomic E-state index is -0.115. The average Bonchev–Trinajstić information content (AvgIpc) is 2.89. The highest BCUT2D eigenvalue weighted by Crippen LogP contribution is 2.44. The number of nitrogens with zero attached hydrogens (tertiary/aromatic N) is 2. The Bertz CT molecular complexity index is 1090. The molecule has 5 rings (SSSR count). The van der Waals surface area contributed by atoms with Crippen LogP contribution < -0.4 is 19.9 Å². The monoisotopic (exact) mass is 401 g/mol. The van der Waals surface area contributed by atoms with E-state index in [0.717, 1.165) is 37.4 Å². The molecular formula is C24H23N3O3. The Hall–Kier alpha value is -3.51. The zero-order chi connectivity index (χ0) is 20.5. The van der Waals surface area contributed by atoms with Gasteiger partial charge in [0.15, 0.2) is 11.5 Å². The smallest absolute Gasteiger partial charge is 0.262 e. The number of rotatable bonds is 3. The Balaban J connectivity index is 1.61. The number of benzene rings is 3. The number of ether oxygens (including phenoxy) is 1. The maximum atomic E-state index is 13.7. The molecule has 2 aliphatic heterocycles. The fourth-order valence-electron chi connectivity index (χ4n) is 4.08. The molecule has 0 atom stereocenters. The van der Waals surface area contributed by atoms with Gasteiger partial charge in [-0.05, 0) is 42.0 Å². The molecule has 1 amide bonds. The van der Waals surface area contributed by atoms with E-state index in [-0.39, 0.29) is 11.7 Å². The minimum absolute atomic E-state index is 0.115. The Morgan fingerprint density at radius 3 is 2.53 bits per heavy atom. The summed E-state index contributed by atoms with van der Waals surface area (Å²) in [6, 6.07) is 20.3. The van der Waals surface area contributed by atoms with Crippen molar-refractivity contribution in [3.63, 3.8) is 0 Å². The summed E-state index contributed by atoms with van der Waals surface area (Å²) >= 11 is 0. The van der Waals surface area contributed by atoms with Crippen molar-refractivity contribution in [1.82, 2.24) is 5.32 Å². The summed E-state index contributed by atoms with van der Waals surface area (Å²) in [6.45, 7) is 3.87. The summed E-state index contributed by atoms with van der Waals surface area (Å²) in [6.07, 6.45) is 0. The van der Waals surface area contributed by atoms with Crippen molar-refractivity contribution in [1.29, 1.82) is 0 Å². The van der Waals surface area contributed by atoms with Crippen LogP contribution in [0.4, 0.5) is 11.4 Å². The van der Waals surface area contributed by atoms with Crippen LogP contribution in [0.2, 0.25) is 0 Å². The number of piperazine rings is 1. The molecule has 2 aliphatic rings. The molecule has 0 spiro atoms. The maximum Gasteiger partial charge on any atom is 0.262 e. The lowest BCUT2D eigenvalue weighted by Crippen LogP contribution is -2.43.